The van der Waals surface area contributed by atoms with Gasteiger partial charge in [-0.25, -0.2) is 0 Å². The van der Waals surface area contributed by atoms with Gasteiger partial charge < -0.3 is 21.1 Å². The van der Waals surface area contributed by atoms with Crippen LogP contribution in [0.15, 0.2) is 12.1 Å². The van der Waals surface area contributed by atoms with E-state index in [0.29, 0.717) is 0 Å². The number of nitrogens with one attached hydrogen (secondary N) is 2. The van der Waals surface area contributed by atoms with Crippen molar-refractivity contribution in [2.24, 2.45) is 0 Å². The average molecular weight is 340 g/mol. The molecule has 22 heavy (non-hydrogen) atoms. The second-order valence-electron chi connectivity index (χ2n) is 4.15. The Bertz CT molecular complexity index is 579. The maximum atomic E-state index is 11.9. The van der Waals surface area contributed by atoms with Crippen molar-refractivity contribution in [2.75, 3.05) is 25.9 Å². The zero-order chi connectivity index (χ0) is 16.9. The second kappa shape index (κ2) is 7.21. The highest BCUT2D eigenvalue weighted by atomic mass is 35.5. The number of rotatable bonds is 5. The molecule has 6 nitrogen and oxygen atoms in total. The van der Waals surface area contributed by atoms with Crippen molar-refractivity contribution in [1.29, 1.82) is 0 Å². The molecule has 122 valence electrons. The Morgan fingerprint density at radius 1 is 1.32 bits per heavy atom. The highest BCUT2D eigenvalue weighted by molar-refractivity contribution is 6.33. The Kier molecular flexibility index (Phi) is 5.86. The summed E-state index contributed by atoms with van der Waals surface area (Å²) in [4.78, 5) is 23.1. The van der Waals surface area contributed by atoms with Crippen LogP contribution in [0.2, 0.25) is 5.02 Å². The molecular weight excluding hydrogens is 327 g/mol. The number of carbonyl (C=O) groups excluding carboxylic acids is 2. The van der Waals surface area contributed by atoms with E-state index >= 15 is 0 Å². The summed E-state index contributed by atoms with van der Waals surface area (Å²) < 4.78 is 40.7. The molecule has 0 aromatic heterocycles. The average Bonchev–Trinajstić information content (AvgIpc) is 2.44. The Labute approximate surface area is 128 Å². The molecule has 0 aliphatic heterocycles. The molecule has 0 spiro atoms. The number of nitrogen functional groups attached to an aromatic ring is 1. The topological polar surface area (TPSA) is 93.4 Å². The summed E-state index contributed by atoms with van der Waals surface area (Å²) in [6.45, 7) is -2.10. The van der Waals surface area contributed by atoms with Crippen molar-refractivity contribution in [3.05, 3.63) is 22.7 Å². The quantitative estimate of drug-likeness (QED) is 0.706. The third-order valence-electron chi connectivity index (χ3n) is 2.46. The van der Waals surface area contributed by atoms with Crippen molar-refractivity contribution in [3.8, 4) is 5.75 Å². The summed E-state index contributed by atoms with van der Waals surface area (Å²) in [5, 5.41) is 3.89. The molecule has 1 aromatic carbocycles. The monoisotopic (exact) mass is 339 g/mol. The first-order valence-corrected chi connectivity index (χ1v) is 6.26. The summed E-state index contributed by atoms with van der Waals surface area (Å²) in [5.74, 6) is -1.60. The number of methoxy groups -OCH3 is 1. The minimum atomic E-state index is -4.52. The van der Waals surface area contributed by atoms with Gasteiger partial charge in [-0.1, -0.05) is 11.6 Å². The lowest BCUT2D eigenvalue weighted by molar-refractivity contribution is -0.137. The first kappa shape index (κ1) is 17.9. The molecule has 10 heteroatoms. The summed E-state index contributed by atoms with van der Waals surface area (Å²) in [5.41, 5.74) is 5.75. The van der Waals surface area contributed by atoms with Gasteiger partial charge in [-0.15, -0.1) is 0 Å². The Balaban J connectivity index is 2.66. The van der Waals surface area contributed by atoms with Crippen LogP contribution in [0.1, 0.15) is 10.4 Å². The van der Waals surface area contributed by atoms with E-state index in [1.54, 1.807) is 5.32 Å². The minimum Gasteiger partial charge on any atom is -0.496 e. The molecular formula is C12H13ClF3N3O3. The number of benzene rings is 1. The van der Waals surface area contributed by atoms with Crippen LogP contribution in [-0.4, -0.2) is 38.2 Å². The Hall–Kier alpha value is -2.16. The maximum Gasteiger partial charge on any atom is 0.405 e. The summed E-state index contributed by atoms with van der Waals surface area (Å²) >= 11 is 5.78. The molecule has 0 saturated carbocycles. The zero-order valence-electron chi connectivity index (χ0n) is 11.4. The molecule has 0 aliphatic rings. The SMILES string of the molecule is COc1cc(N)c(Cl)cc1C(=O)NCC(=O)NCC(F)(F)F. The Morgan fingerprint density at radius 3 is 2.50 bits per heavy atom. The number of amides is 2. The van der Waals surface area contributed by atoms with Gasteiger partial charge in [0.25, 0.3) is 5.91 Å². The van der Waals surface area contributed by atoms with Gasteiger partial charge in [0.1, 0.15) is 12.3 Å². The van der Waals surface area contributed by atoms with E-state index in [1.807, 2.05) is 0 Å². The number of carbonyl (C=O) groups is 2. The third-order valence-corrected chi connectivity index (χ3v) is 2.79. The maximum absolute atomic E-state index is 11.9. The van der Waals surface area contributed by atoms with Crippen LogP contribution in [0.4, 0.5) is 18.9 Å². The molecule has 0 atom stereocenters. The van der Waals surface area contributed by atoms with Gasteiger partial charge in [-0.05, 0) is 6.07 Å². The predicted molar refractivity (Wildman–Crippen MR) is 73.8 cm³/mol. The molecule has 0 bridgehead atoms. The fourth-order valence-corrected chi connectivity index (χ4v) is 1.60. The lowest BCUT2D eigenvalue weighted by atomic mass is 10.1. The lowest BCUT2D eigenvalue weighted by Gasteiger charge is -2.12. The normalized spacial score (nSPS) is 11.0. The number of anilines is 1. The first-order valence-electron chi connectivity index (χ1n) is 5.88. The van der Waals surface area contributed by atoms with Gasteiger partial charge in [-0.2, -0.15) is 13.2 Å². The fraction of sp³-hybridized carbons (Fsp3) is 0.333. The van der Waals surface area contributed by atoms with Crippen LogP contribution >= 0.6 is 11.6 Å². The van der Waals surface area contributed by atoms with Gasteiger partial charge in [0, 0.05) is 6.07 Å². The number of halogens is 4. The second-order valence-corrected chi connectivity index (χ2v) is 4.56. The number of hydrogen-bond donors (Lipinski definition) is 3. The molecule has 4 N–H and O–H groups in total. The van der Waals surface area contributed by atoms with Crippen LogP contribution in [-0.2, 0) is 4.79 Å². The number of ether oxygens (including phenoxy) is 1. The molecule has 2 amide bonds. The molecule has 0 fully saturated rings. The van der Waals surface area contributed by atoms with Gasteiger partial charge in [0.15, 0.2) is 0 Å². The molecule has 0 aliphatic carbocycles. The van der Waals surface area contributed by atoms with Crippen molar-refractivity contribution in [2.45, 2.75) is 6.18 Å². The number of nitrogens with two attached hydrogens (primary N) is 1. The van der Waals surface area contributed by atoms with E-state index in [4.69, 9.17) is 22.1 Å². The zero-order valence-corrected chi connectivity index (χ0v) is 12.1. The smallest absolute Gasteiger partial charge is 0.405 e. The van der Waals surface area contributed by atoms with Gasteiger partial charge in [0.2, 0.25) is 5.91 Å². The van der Waals surface area contributed by atoms with Crippen LogP contribution < -0.4 is 21.1 Å². The van der Waals surface area contributed by atoms with E-state index in [-0.39, 0.29) is 22.0 Å². The molecule has 0 heterocycles. The summed E-state index contributed by atoms with van der Waals surface area (Å²) in [6, 6.07) is 2.56. The number of alkyl halides is 3. The van der Waals surface area contributed by atoms with E-state index in [0.717, 1.165) is 0 Å². The van der Waals surface area contributed by atoms with E-state index in [1.165, 1.54) is 19.2 Å². The van der Waals surface area contributed by atoms with Crippen molar-refractivity contribution < 1.29 is 27.5 Å². The molecule has 0 radical (unpaired) electrons. The predicted octanol–water partition coefficient (Wildman–Crippen LogP) is 1.34. The highest BCUT2D eigenvalue weighted by Gasteiger charge is 2.27. The summed E-state index contributed by atoms with van der Waals surface area (Å²) in [6.07, 6.45) is -4.52. The van der Waals surface area contributed by atoms with Crippen molar-refractivity contribution in [3.63, 3.8) is 0 Å². The summed E-state index contributed by atoms with van der Waals surface area (Å²) in [7, 11) is 1.30. The van der Waals surface area contributed by atoms with E-state index in [9.17, 15) is 22.8 Å². The van der Waals surface area contributed by atoms with Gasteiger partial charge in [-0.3, -0.25) is 9.59 Å². The lowest BCUT2D eigenvalue weighted by Crippen LogP contribution is -2.40. The van der Waals surface area contributed by atoms with Gasteiger partial charge >= 0.3 is 6.18 Å². The molecule has 1 aromatic rings. The Morgan fingerprint density at radius 2 is 1.95 bits per heavy atom. The van der Waals surface area contributed by atoms with Gasteiger partial charge in [0.05, 0.1) is 29.9 Å². The van der Waals surface area contributed by atoms with Crippen LogP contribution in [0.25, 0.3) is 0 Å². The number of hydrogen-bond acceptors (Lipinski definition) is 4. The highest BCUT2D eigenvalue weighted by Crippen LogP contribution is 2.28. The van der Waals surface area contributed by atoms with E-state index < -0.39 is 31.1 Å². The largest absolute Gasteiger partial charge is 0.496 e. The fourth-order valence-electron chi connectivity index (χ4n) is 1.43. The van der Waals surface area contributed by atoms with Crippen LogP contribution in [0.5, 0.6) is 5.75 Å². The molecule has 0 saturated heterocycles. The standard InChI is InChI=1S/C12H13ClF3N3O3/c1-22-9-3-8(17)7(13)2-6(9)11(21)18-4-10(20)19-5-12(14,15)16/h2-3H,4-5,17H2,1H3,(H,18,21)(H,19,20). The molecule has 1 rings (SSSR count). The van der Waals surface area contributed by atoms with Crippen molar-refractivity contribution in [1.82, 2.24) is 10.6 Å². The molecule has 0 unspecified atom stereocenters. The van der Waals surface area contributed by atoms with Crippen LogP contribution in [0.3, 0.4) is 0 Å². The van der Waals surface area contributed by atoms with Crippen molar-refractivity contribution >= 4 is 29.1 Å². The van der Waals surface area contributed by atoms with E-state index in [2.05, 4.69) is 5.32 Å². The first-order chi connectivity index (χ1) is 10.1. The minimum absolute atomic E-state index is 0.00493. The van der Waals surface area contributed by atoms with Crippen LogP contribution in [0, 0.1) is 0 Å². The third kappa shape index (κ3) is 5.32.